The third-order valence-corrected chi connectivity index (χ3v) is 6.31. The number of fused-ring (bicyclic) bond motifs is 2. The number of nitrogens with zero attached hydrogens (tertiary/aromatic N) is 4. The van der Waals surface area contributed by atoms with Crippen LogP contribution in [0.15, 0.2) is 54.0 Å². The fraction of sp³-hybridized carbons (Fsp3) is 0.174. The first-order valence-corrected chi connectivity index (χ1v) is 11.4. The standard InChI is InChI=1S/C23H19Cl3N6O/c1-2-7-31-22(33)17-12-28-23(29-16-4-3-14-11-27-6-5-13(14)8-16)30-21(17)32(31)20-18(25)9-15(24)10-19(20)26/h2-4,8-10,12,27H,1,5-7,11H2,(H,28,29,30). The van der Waals surface area contributed by atoms with Crippen LogP contribution in [-0.4, -0.2) is 25.9 Å². The molecule has 1 aliphatic heterocycles. The molecule has 1 aliphatic rings. The molecule has 7 nitrogen and oxygen atoms in total. The highest BCUT2D eigenvalue weighted by atomic mass is 35.5. The summed E-state index contributed by atoms with van der Waals surface area (Å²) in [4.78, 5) is 22.1. The van der Waals surface area contributed by atoms with Gasteiger partial charge in [0, 0.05) is 23.5 Å². The van der Waals surface area contributed by atoms with Crippen molar-refractivity contribution in [2.75, 3.05) is 11.9 Å². The molecule has 0 atom stereocenters. The molecule has 0 saturated heterocycles. The molecule has 0 spiro atoms. The summed E-state index contributed by atoms with van der Waals surface area (Å²) in [6.07, 6.45) is 4.08. The van der Waals surface area contributed by atoms with Crippen LogP contribution in [-0.2, 0) is 19.5 Å². The van der Waals surface area contributed by atoms with Crippen molar-refractivity contribution < 1.29 is 0 Å². The molecule has 0 aliphatic carbocycles. The summed E-state index contributed by atoms with van der Waals surface area (Å²) >= 11 is 19.1. The van der Waals surface area contributed by atoms with Crippen LogP contribution in [0.5, 0.6) is 0 Å². The highest BCUT2D eigenvalue weighted by Gasteiger charge is 2.21. The van der Waals surface area contributed by atoms with Crippen LogP contribution in [0.25, 0.3) is 16.7 Å². The number of benzene rings is 2. The van der Waals surface area contributed by atoms with Gasteiger partial charge in [0.25, 0.3) is 5.56 Å². The molecule has 0 unspecified atom stereocenters. The van der Waals surface area contributed by atoms with Crippen LogP contribution in [0.3, 0.4) is 0 Å². The first-order chi connectivity index (χ1) is 16.0. The molecule has 5 rings (SSSR count). The number of nitrogens with one attached hydrogen (secondary N) is 2. The van der Waals surface area contributed by atoms with Gasteiger partial charge in [-0.05, 0) is 48.4 Å². The van der Waals surface area contributed by atoms with Crippen LogP contribution in [0.4, 0.5) is 11.6 Å². The second-order valence-corrected chi connectivity index (χ2v) is 8.92. The molecule has 2 N–H and O–H groups in total. The predicted molar refractivity (Wildman–Crippen MR) is 133 cm³/mol. The smallest absolute Gasteiger partial charge is 0.278 e. The molecule has 2 aromatic carbocycles. The van der Waals surface area contributed by atoms with Gasteiger partial charge >= 0.3 is 0 Å². The minimum absolute atomic E-state index is 0.228. The Morgan fingerprint density at radius 1 is 1.15 bits per heavy atom. The molecule has 168 valence electrons. The molecule has 0 saturated carbocycles. The quantitative estimate of drug-likeness (QED) is 0.371. The van der Waals surface area contributed by atoms with Crippen LogP contribution in [0.1, 0.15) is 11.1 Å². The second kappa shape index (κ2) is 8.83. The molecule has 4 aromatic rings. The Kier molecular flexibility index (Phi) is 5.88. The van der Waals surface area contributed by atoms with E-state index in [1.165, 1.54) is 22.0 Å². The van der Waals surface area contributed by atoms with Gasteiger partial charge in [-0.3, -0.25) is 4.79 Å². The molecule has 33 heavy (non-hydrogen) atoms. The molecule has 0 amide bonds. The van der Waals surface area contributed by atoms with E-state index in [1.54, 1.807) is 22.9 Å². The van der Waals surface area contributed by atoms with Gasteiger partial charge in [-0.15, -0.1) is 6.58 Å². The second-order valence-electron chi connectivity index (χ2n) is 7.67. The minimum Gasteiger partial charge on any atom is -0.324 e. The average molecular weight is 502 g/mol. The molecular formula is C23H19Cl3N6O. The summed E-state index contributed by atoms with van der Waals surface area (Å²) in [7, 11) is 0. The summed E-state index contributed by atoms with van der Waals surface area (Å²) in [6, 6.07) is 9.32. The highest BCUT2D eigenvalue weighted by Crippen LogP contribution is 2.34. The molecule has 3 heterocycles. The zero-order chi connectivity index (χ0) is 23.1. The van der Waals surface area contributed by atoms with E-state index in [2.05, 4.69) is 39.3 Å². The van der Waals surface area contributed by atoms with E-state index in [9.17, 15) is 4.79 Å². The Hall–Kier alpha value is -2.84. The van der Waals surface area contributed by atoms with Crippen LogP contribution in [0.2, 0.25) is 15.1 Å². The van der Waals surface area contributed by atoms with E-state index < -0.39 is 0 Å². The first-order valence-electron chi connectivity index (χ1n) is 10.3. The Morgan fingerprint density at radius 3 is 2.70 bits per heavy atom. The minimum atomic E-state index is -0.278. The monoisotopic (exact) mass is 500 g/mol. The van der Waals surface area contributed by atoms with E-state index in [4.69, 9.17) is 34.8 Å². The van der Waals surface area contributed by atoms with Crippen LogP contribution >= 0.6 is 34.8 Å². The van der Waals surface area contributed by atoms with Crippen LogP contribution < -0.4 is 16.2 Å². The van der Waals surface area contributed by atoms with Crippen molar-refractivity contribution >= 4 is 57.5 Å². The normalized spacial score (nSPS) is 13.2. The van der Waals surface area contributed by atoms with Gasteiger partial charge in [0.05, 0.1) is 16.6 Å². The zero-order valence-electron chi connectivity index (χ0n) is 17.4. The van der Waals surface area contributed by atoms with Gasteiger partial charge in [-0.25, -0.2) is 14.3 Å². The van der Waals surface area contributed by atoms with Gasteiger partial charge in [-0.2, -0.15) is 4.98 Å². The summed E-state index contributed by atoms with van der Waals surface area (Å²) in [5, 5.41) is 7.92. The van der Waals surface area contributed by atoms with Gasteiger partial charge in [0.15, 0.2) is 5.65 Å². The zero-order valence-corrected chi connectivity index (χ0v) is 19.7. The lowest BCUT2D eigenvalue weighted by Gasteiger charge is -2.18. The summed E-state index contributed by atoms with van der Waals surface area (Å²) in [6.45, 7) is 5.80. The Morgan fingerprint density at radius 2 is 1.94 bits per heavy atom. The Bertz CT molecular complexity index is 1440. The number of hydrogen-bond donors (Lipinski definition) is 2. The van der Waals surface area contributed by atoms with E-state index >= 15 is 0 Å². The maximum Gasteiger partial charge on any atom is 0.278 e. The highest BCUT2D eigenvalue weighted by molar-refractivity contribution is 6.40. The van der Waals surface area contributed by atoms with Gasteiger partial charge in [-0.1, -0.05) is 46.9 Å². The van der Waals surface area contributed by atoms with Crippen LogP contribution in [0, 0.1) is 0 Å². The molecule has 2 aromatic heterocycles. The van der Waals surface area contributed by atoms with E-state index in [-0.39, 0.29) is 12.1 Å². The van der Waals surface area contributed by atoms with Crippen molar-refractivity contribution in [1.29, 1.82) is 0 Å². The first kappa shape index (κ1) is 22.0. The third kappa shape index (κ3) is 4.02. The number of halogens is 3. The van der Waals surface area contributed by atoms with E-state index in [0.717, 1.165) is 25.2 Å². The van der Waals surface area contributed by atoms with Crippen molar-refractivity contribution in [3.05, 3.63) is 85.7 Å². The topological polar surface area (TPSA) is 76.8 Å². The van der Waals surface area contributed by atoms with E-state index in [1.807, 2.05) is 6.07 Å². The average Bonchev–Trinajstić information content (AvgIpc) is 3.05. The van der Waals surface area contributed by atoms with Crippen molar-refractivity contribution in [2.24, 2.45) is 0 Å². The largest absolute Gasteiger partial charge is 0.324 e. The van der Waals surface area contributed by atoms with Crippen molar-refractivity contribution in [3.8, 4) is 5.69 Å². The predicted octanol–water partition coefficient (Wildman–Crippen LogP) is 5.12. The summed E-state index contributed by atoms with van der Waals surface area (Å²) in [5.74, 6) is 0.349. The number of hydrogen-bond acceptors (Lipinski definition) is 5. The number of allylic oxidation sites excluding steroid dienone is 1. The lowest BCUT2D eigenvalue weighted by atomic mass is 10.0. The Labute approximate surface area is 204 Å². The Balaban J connectivity index is 1.65. The molecular weight excluding hydrogens is 483 g/mol. The van der Waals surface area contributed by atoms with Crippen molar-refractivity contribution in [2.45, 2.75) is 19.5 Å². The molecule has 0 bridgehead atoms. The molecule has 10 heteroatoms. The lowest BCUT2D eigenvalue weighted by Crippen LogP contribution is -2.23. The SMILES string of the molecule is C=CCn1c(=O)c2cnc(Nc3ccc4c(c3)CCNC4)nc2n1-c1c(Cl)cc(Cl)cc1Cl. The van der Waals surface area contributed by atoms with Crippen molar-refractivity contribution in [3.63, 3.8) is 0 Å². The van der Waals surface area contributed by atoms with Gasteiger partial charge in [0.1, 0.15) is 11.1 Å². The number of aromatic nitrogens is 4. The maximum atomic E-state index is 13.1. The fourth-order valence-electron chi connectivity index (χ4n) is 4.02. The fourth-order valence-corrected chi connectivity index (χ4v) is 5.00. The lowest BCUT2D eigenvalue weighted by molar-refractivity contribution is 0.606. The van der Waals surface area contributed by atoms with E-state index in [0.29, 0.717) is 37.7 Å². The third-order valence-electron chi connectivity index (χ3n) is 5.52. The van der Waals surface area contributed by atoms with Gasteiger partial charge < -0.3 is 10.6 Å². The summed E-state index contributed by atoms with van der Waals surface area (Å²) < 4.78 is 3.05. The molecule has 0 radical (unpaired) electrons. The number of anilines is 2. The van der Waals surface area contributed by atoms with Gasteiger partial charge in [0.2, 0.25) is 5.95 Å². The number of rotatable bonds is 5. The summed E-state index contributed by atoms with van der Waals surface area (Å²) in [5.41, 5.74) is 3.94. The maximum absolute atomic E-state index is 13.1. The van der Waals surface area contributed by atoms with Crippen molar-refractivity contribution in [1.82, 2.24) is 24.6 Å². The molecule has 0 fully saturated rings.